The first kappa shape index (κ1) is 19.7. The van der Waals surface area contributed by atoms with Crippen LogP contribution in [-0.4, -0.2) is 59.2 Å². The Morgan fingerprint density at radius 3 is 2.48 bits per heavy atom. The Bertz CT molecular complexity index is 1080. The molecule has 2 heterocycles. The van der Waals surface area contributed by atoms with Crippen molar-refractivity contribution in [2.75, 3.05) is 45.2 Å². The van der Waals surface area contributed by atoms with Crippen molar-refractivity contribution >= 4 is 33.4 Å². The highest BCUT2D eigenvalue weighted by molar-refractivity contribution is 7.83. The molecule has 0 bridgehead atoms. The third-order valence-corrected chi connectivity index (χ3v) is 6.75. The van der Waals surface area contributed by atoms with Crippen molar-refractivity contribution in [3.05, 3.63) is 54.2 Å². The lowest BCUT2D eigenvalue weighted by atomic mass is 10.1. The van der Waals surface area contributed by atoms with Gasteiger partial charge in [0.2, 0.25) is 0 Å². The van der Waals surface area contributed by atoms with Crippen molar-refractivity contribution in [3.8, 4) is 5.75 Å². The van der Waals surface area contributed by atoms with Gasteiger partial charge in [0.25, 0.3) is 0 Å². The van der Waals surface area contributed by atoms with Gasteiger partial charge in [0.15, 0.2) is 16.8 Å². The minimum absolute atomic E-state index is 0.0372. The summed E-state index contributed by atoms with van der Waals surface area (Å²) in [4.78, 5) is 17.3. The Morgan fingerprint density at radius 2 is 1.79 bits per heavy atom. The summed E-state index contributed by atoms with van der Waals surface area (Å²) in [5.41, 5.74) is 2.32. The molecule has 152 valence electrons. The summed E-state index contributed by atoms with van der Waals surface area (Å²) in [5.74, 6) is 0.738. The number of likely N-dealkylation sites (N-methyl/N-ethyl adjacent to an activating group) is 1. The molecule has 1 saturated heterocycles. The fraction of sp³-hybridized carbons (Fsp3) is 0.318. The van der Waals surface area contributed by atoms with Crippen molar-refractivity contribution in [2.45, 2.75) is 11.8 Å². The zero-order valence-electron chi connectivity index (χ0n) is 16.9. The minimum Gasteiger partial charge on any atom is -0.495 e. The van der Waals surface area contributed by atoms with E-state index in [1.54, 1.807) is 17.3 Å². The number of ether oxygens (including phenoxy) is 1. The summed E-state index contributed by atoms with van der Waals surface area (Å²) in [7, 11) is 2.29. The number of aromatic nitrogens is 1. The predicted octanol–water partition coefficient (Wildman–Crippen LogP) is 3.18. The van der Waals surface area contributed by atoms with Gasteiger partial charge in [-0.25, -0.2) is 4.21 Å². The molecule has 0 saturated carbocycles. The molecule has 0 spiro atoms. The number of Topliss-reactive ketones (excluding diaryl/α,β-unsaturated/α-hetero) is 1. The average molecular weight is 412 g/mol. The van der Waals surface area contributed by atoms with Gasteiger partial charge in [-0.3, -0.25) is 8.77 Å². The third-order valence-electron chi connectivity index (χ3n) is 5.43. The summed E-state index contributed by atoms with van der Waals surface area (Å²) >= 11 is 0. The molecule has 7 heteroatoms. The number of fused-ring (bicyclic) bond motifs is 1. The van der Waals surface area contributed by atoms with E-state index in [0.717, 1.165) is 48.5 Å². The van der Waals surface area contributed by atoms with E-state index in [1.807, 2.05) is 42.5 Å². The van der Waals surface area contributed by atoms with Gasteiger partial charge in [-0.2, -0.15) is 0 Å². The molecule has 1 aromatic heterocycles. The number of benzene rings is 2. The quantitative estimate of drug-likeness (QED) is 0.604. The SMILES string of the molecule is COc1ccc(S(=O)n2cc(C(C)=O)c3ccccc32)cc1N1CCN(C)CC1. The van der Waals surface area contributed by atoms with E-state index < -0.39 is 11.0 Å². The van der Waals surface area contributed by atoms with Gasteiger partial charge in [0.05, 0.1) is 23.2 Å². The maximum atomic E-state index is 13.5. The lowest BCUT2D eigenvalue weighted by Gasteiger charge is -2.34. The van der Waals surface area contributed by atoms with E-state index in [1.165, 1.54) is 6.92 Å². The van der Waals surface area contributed by atoms with E-state index in [9.17, 15) is 9.00 Å². The highest BCUT2D eigenvalue weighted by Crippen LogP contribution is 2.32. The van der Waals surface area contributed by atoms with Crippen LogP contribution in [0.5, 0.6) is 5.75 Å². The molecule has 1 aliphatic rings. The molecule has 0 radical (unpaired) electrons. The number of para-hydroxylation sites is 1. The lowest BCUT2D eigenvalue weighted by molar-refractivity contribution is 0.101. The standard InChI is InChI=1S/C22H25N3O3S/c1-16(26)19-15-25(20-7-5-4-6-18(19)20)29(27)17-8-9-22(28-3)21(14-17)24-12-10-23(2)11-13-24/h4-9,14-15H,10-13H2,1-3H3. The van der Waals surface area contributed by atoms with Gasteiger partial charge < -0.3 is 14.5 Å². The van der Waals surface area contributed by atoms with Crippen LogP contribution in [0.4, 0.5) is 5.69 Å². The number of nitrogens with zero attached hydrogens (tertiary/aromatic N) is 3. The second-order valence-electron chi connectivity index (χ2n) is 7.32. The molecule has 2 aromatic carbocycles. The minimum atomic E-state index is -1.48. The maximum Gasteiger partial charge on any atom is 0.161 e. The first-order chi connectivity index (χ1) is 14.0. The summed E-state index contributed by atoms with van der Waals surface area (Å²) in [6.07, 6.45) is 1.70. The van der Waals surface area contributed by atoms with Crippen LogP contribution in [0.1, 0.15) is 17.3 Å². The predicted molar refractivity (Wildman–Crippen MR) is 116 cm³/mol. The number of methoxy groups -OCH3 is 1. The molecule has 0 amide bonds. The second-order valence-corrected chi connectivity index (χ2v) is 8.68. The van der Waals surface area contributed by atoms with Gasteiger partial charge in [0, 0.05) is 43.3 Å². The Hall–Kier alpha value is -2.64. The number of carbonyl (C=O) groups excluding carboxylic acids is 1. The van der Waals surface area contributed by atoms with Gasteiger partial charge in [-0.1, -0.05) is 18.2 Å². The number of hydrogen-bond donors (Lipinski definition) is 0. The maximum absolute atomic E-state index is 13.5. The van der Waals surface area contributed by atoms with Gasteiger partial charge in [-0.15, -0.1) is 0 Å². The van der Waals surface area contributed by atoms with Crippen LogP contribution in [0.2, 0.25) is 0 Å². The van der Waals surface area contributed by atoms with Crippen LogP contribution in [-0.2, 0) is 11.0 Å². The number of rotatable bonds is 5. The smallest absolute Gasteiger partial charge is 0.161 e. The molecule has 3 aromatic rings. The van der Waals surface area contributed by atoms with Crippen molar-refractivity contribution in [2.24, 2.45) is 0 Å². The summed E-state index contributed by atoms with van der Waals surface area (Å²) in [6, 6.07) is 13.2. The topological polar surface area (TPSA) is 54.8 Å². The highest BCUT2D eigenvalue weighted by atomic mass is 32.2. The largest absolute Gasteiger partial charge is 0.495 e. The number of ketones is 1. The van der Waals surface area contributed by atoms with Gasteiger partial charge in [0.1, 0.15) is 5.75 Å². The molecule has 1 aliphatic heterocycles. The lowest BCUT2D eigenvalue weighted by Crippen LogP contribution is -2.44. The fourth-order valence-electron chi connectivity index (χ4n) is 3.75. The van der Waals surface area contributed by atoms with Gasteiger partial charge in [-0.05, 0) is 38.2 Å². The summed E-state index contributed by atoms with van der Waals surface area (Å²) < 4.78 is 20.7. The van der Waals surface area contributed by atoms with Crippen LogP contribution >= 0.6 is 0 Å². The first-order valence-electron chi connectivity index (χ1n) is 9.64. The fourth-order valence-corrected chi connectivity index (χ4v) is 4.92. The molecule has 4 rings (SSSR count). The summed E-state index contributed by atoms with van der Waals surface area (Å²) in [5, 5.41) is 0.821. The zero-order chi connectivity index (χ0) is 20.5. The van der Waals surface area contributed by atoms with Crippen molar-refractivity contribution in [3.63, 3.8) is 0 Å². The van der Waals surface area contributed by atoms with Crippen LogP contribution in [0, 0.1) is 0 Å². The van der Waals surface area contributed by atoms with Crippen molar-refractivity contribution < 1.29 is 13.7 Å². The Kier molecular flexibility index (Phi) is 5.43. The normalized spacial score (nSPS) is 16.2. The molecule has 1 atom stereocenters. The molecule has 1 unspecified atom stereocenters. The number of carbonyl (C=O) groups is 1. The van der Waals surface area contributed by atoms with E-state index in [0.29, 0.717) is 10.5 Å². The molecule has 0 aliphatic carbocycles. The van der Waals surface area contributed by atoms with Gasteiger partial charge >= 0.3 is 0 Å². The Balaban J connectivity index is 1.76. The van der Waals surface area contributed by atoms with E-state index >= 15 is 0 Å². The molecule has 6 nitrogen and oxygen atoms in total. The van der Waals surface area contributed by atoms with Crippen LogP contribution in [0.15, 0.2) is 53.6 Å². The monoisotopic (exact) mass is 411 g/mol. The Morgan fingerprint density at radius 1 is 1.07 bits per heavy atom. The highest BCUT2D eigenvalue weighted by Gasteiger charge is 2.21. The molecule has 29 heavy (non-hydrogen) atoms. The van der Waals surface area contributed by atoms with Crippen molar-refractivity contribution in [1.82, 2.24) is 8.87 Å². The third kappa shape index (κ3) is 3.68. The molecule has 1 fully saturated rings. The number of piperazine rings is 1. The van der Waals surface area contributed by atoms with Crippen molar-refractivity contribution in [1.29, 1.82) is 0 Å². The van der Waals surface area contributed by atoms with Crippen LogP contribution in [0.3, 0.4) is 0 Å². The Labute approximate surface area is 173 Å². The average Bonchev–Trinajstić information content (AvgIpc) is 3.13. The second kappa shape index (κ2) is 8.00. The van der Waals surface area contributed by atoms with E-state index in [-0.39, 0.29) is 5.78 Å². The molecule has 0 N–H and O–H groups in total. The molecular weight excluding hydrogens is 386 g/mol. The number of anilines is 1. The molecular formula is C22H25N3O3S. The van der Waals surface area contributed by atoms with E-state index in [2.05, 4.69) is 16.8 Å². The van der Waals surface area contributed by atoms with E-state index in [4.69, 9.17) is 4.74 Å². The number of hydrogen-bond acceptors (Lipinski definition) is 5. The first-order valence-corrected chi connectivity index (χ1v) is 10.7. The zero-order valence-corrected chi connectivity index (χ0v) is 17.7. The van der Waals surface area contributed by atoms with Crippen LogP contribution in [0.25, 0.3) is 10.9 Å². The summed E-state index contributed by atoms with van der Waals surface area (Å²) in [6.45, 7) is 5.27. The van der Waals surface area contributed by atoms with Crippen LogP contribution < -0.4 is 9.64 Å².